The second kappa shape index (κ2) is 8.24. The molecule has 0 saturated heterocycles. The minimum absolute atomic E-state index is 0.0431. The van der Waals surface area contributed by atoms with Crippen LogP contribution in [0.15, 0.2) is 94.4 Å². The predicted octanol–water partition coefficient (Wildman–Crippen LogP) is 5.28. The van der Waals surface area contributed by atoms with Gasteiger partial charge in [0.1, 0.15) is 16.8 Å². The minimum Gasteiger partial charge on any atom is -0.502 e. The quantitative estimate of drug-likeness (QED) is 0.573. The first-order valence-corrected chi connectivity index (χ1v) is 11.6. The first-order valence-electron chi connectivity index (χ1n) is 10.1. The van der Waals surface area contributed by atoms with Crippen molar-refractivity contribution in [3.63, 3.8) is 0 Å². The van der Waals surface area contributed by atoms with Gasteiger partial charge < -0.3 is 5.11 Å². The number of hydrogen-bond acceptors (Lipinski definition) is 4. The van der Waals surface area contributed by atoms with Crippen LogP contribution in [-0.2, 0) is 14.6 Å². The highest BCUT2D eigenvalue weighted by atomic mass is 32.2. The summed E-state index contributed by atoms with van der Waals surface area (Å²) in [4.78, 5) is 13.9. The van der Waals surface area contributed by atoms with Gasteiger partial charge in [0.2, 0.25) is 9.84 Å². The van der Waals surface area contributed by atoms with Gasteiger partial charge in [0.05, 0.1) is 4.90 Å². The van der Waals surface area contributed by atoms with Gasteiger partial charge in [-0.3, -0.25) is 9.69 Å². The van der Waals surface area contributed by atoms with Gasteiger partial charge in [-0.2, -0.15) is 0 Å². The Morgan fingerprint density at radius 2 is 1.50 bits per heavy atom. The molecule has 0 fully saturated rings. The first kappa shape index (κ1) is 21.8. The Balaban J connectivity index is 1.90. The highest BCUT2D eigenvalue weighted by molar-refractivity contribution is 7.95. The summed E-state index contributed by atoms with van der Waals surface area (Å²) in [5.41, 5.74) is 1.85. The summed E-state index contributed by atoms with van der Waals surface area (Å²) in [7, 11) is -4.22. The van der Waals surface area contributed by atoms with E-state index in [1.54, 1.807) is 30.3 Å². The molecule has 32 heavy (non-hydrogen) atoms. The van der Waals surface area contributed by atoms with E-state index in [4.69, 9.17) is 0 Å². The zero-order valence-electron chi connectivity index (χ0n) is 17.6. The van der Waals surface area contributed by atoms with Crippen molar-refractivity contribution in [3.05, 3.63) is 106 Å². The van der Waals surface area contributed by atoms with E-state index in [-0.39, 0.29) is 10.8 Å². The Morgan fingerprint density at radius 1 is 0.906 bits per heavy atom. The van der Waals surface area contributed by atoms with Crippen molar-refractivity contribution < 1.29 is 22.7 Å². The van der Waals surface area contributed by atoms with Gasteiger partial charge in [-0.1, -0.05) is 56.3 Å². The number of aliphatic hydroxyl groups is 1. The molecule has 0 bridgehead atoms. The average molecular weight is 452 g/mol. The molecule has 0 radical (unpaired) electrons. The van der Waals surface area contributed by atoms with Crippen molar-refractivity contribution >= 4 is 21.4 Å². The molecule has 1 N–H and O–H groups in total. The summed E-state index contributed by atoms with van der Waals surface area (Å²) < 4.78 is 40.6. The maximum absolute atomic E-state index is 13.6. The normalized spacial score (nSPS) is 16.8. The van der Waals surface area contributed by atoms with Crippen molar-refractivity contribution in [3.8, 4) is 0 Å². The summed E-state index contributed by atoms with van der Waals surface area (Å²) in [6.07, 6.45) is 0. The van der Waals surface area contributed by atoms with Crippen LogP contribution in [0.3, 0.4) is 0 Å². The van der Waals surface area contributed by atoms with Crippen molar-refractivity contribution in [2.24, 2.45) is 0 Å². The van der Waals surface area contributed by atoms with Gasteiger partial charge in [0, 0.05) is 5.69 Å². The van der Waals surface area contributed by atoms with Crippen molar-refractivity contribution in [1.29, 1.82) is 0 Å². The molecule has 4 rings (SSSR count). The maximum atomic E-state index is 13.6. The molecule has 1 unspecified atom stereocenters. The molecule has 5 nitrogen and oxygen atoms in total. The third-order valence-corrected chi connectivity index (χ3v) is 7.42. The fourth-order valence-corrected chi connectivity index (χ4v) is 5.46. The molecule has 7 heteroatoms. The molecule has 0 saturated carbocycles. The monoisotopic (exact) mass is 451 g/mol. The van der Waals surface area contributed by atoms with Crippen LogP contribution in [0.2, 0.25) is 0 Å². The molecule has 164 valence electrons. The summed E-state index contributed by atoms with van der Waals surface area (Å²) in [6.45, 7) is 4.07. The molecule has 1 aliphatic rings. The fourth-order valence-electron chi connectivity index (χ4n) is 3.82. The molecule has 1 amide bonds. The second-order valence-electron chi connectivity index (χ2n) is 7.90. The first-order chi connectivity index (χ1) is 15.2. The lowest BCUT2D eigenvalue weighted by atomic mass is 10.0. The molecule has 0 aliphatic carbocycles. The van der Waals surface area contributed by atoms with Crippen molar-refractivity contribution in [2.45, 2.75) is 30.7 Å². The van der Waals surface area contributed by atoms with Crippen LogP contribution in [0.1, 0.15) is 36.9 Å². The highest BCUT2D eigenvalue weighted by Gasteiger charge is 2.47. The molecular weight excluding hydrogens is 429 g/mol. The number of aliphatic hydroxyl groups excluding tert-OH is 1. The molecule has 3 aromatic rings. The van der Waals surface area contributed by atoms with Crippen LogP contribution in [0.4, 0.5) is 10.1 Å². The third kappa shape index (κ3) is 3.69. The largest absolute Gasteiger partial charge is 0.502 e. The Morgan fingerprint density at radius 3 is 2.06 bits per heavy atom. The Hall–Kier alpha value is -3.45. The lowest BCUT2D eigenvalue weighted by Crippen LogP contribution is -2.31. The lowest BCUT2D eigenvalue weighted by Gasteiger charge is -2.27. The molecule has 1 atom stereocenters. The highest BCUT2D eigenvalue weighted by Crippen LogP contribution is 2.44. The zero-order valence-corrected chi connectivity index (χ0v) is 18.4. The molecule has 0 spiro atoms. The smallest absolute Gasteiger partial charge is 0.295 e. The zero-order chi connectivity index (χ0) is 23.0. The van der Waals surface area contributed by atoms with Crippen LogP contribution < -0.4 is 4.90 Å². The average Bonchev–Trinajstić information content (AvgIpc) is 3.06. The molecule has 0 aromatic heterocycles. The summed E-state index contributed by atoms with van der Waals surface area (Å²) in [5, 5.41) is 10.8. The summed E-state index contributed by atoms with van der Waals surface area (Å²) in [6, 6.07) is 18.9. The summed E-state index contributed by atoms with van der Waals surface area (Å²) in [5.74, 6) is -1.89. The molecule has 1 aliphatic heterocycles. The van der Waals surface area contributed by atoms with Crippen LogP contribution in [0, 0.1) is 5.82 Å². The van der Waals surface area contributed by atoms with Crippen molar-refractivity contribution in [1.82, 2.24) is 0 Å². The topological polar surface area (TPSA) is 74.7 Å². The molecule has 3 aromatic carbocycles. The van der Waals surface area contributed by atoms with E-state index in [9.17, 15) is 22.7 Å². The number of hydrogen-bond donors (Lipinski definition) is 1. The number of carbonyl (C=O) groups is 1. The van der Waals surface area contributed by atoms with Gasteiger partial charge in [0.25, 0.3) is 5.91 Å². The predicted molar refractivity (Wildman–Crippen MR) is 120 cm³/mol. The number of rotatable bonds is 5. The van der Waals surface area contributed by atoms with Gasteiger partial charge in [-0.25, -0.2) is 12.8 Å². The van der Waals surface area contributed by atoms with E-state index in [0.717, 1.165) is 5.56 Å². The number of amides is 1. The third-order valence-electron chi connectivity index (χ3n) is 5.53. The summed E-state index contributed by atoms with van der Waals surface area (Å²) >= 11 is 0. The van der Waals surface area contributed by atoms with Crippen LogP contribution in [0.25, 0.3) is 0 Å². The van der Waals surface area contributed by atoms with E-state index in [0.29, 0.717) is 11.3 Å². The van der Waals surface area contributed by atoms with Gasteiger partial charge >= 0.3 is 0 Å². The SMILES string of the molecule is CC(C)c1ccc(N2C(=O)C(O)=C(S(=O)(=O)c3ccccc3)C2c2ccc(F)cc2)cc1. The second-order valence-corrected chi connectivity index (χ2v) is 9.82. The number of carbonyl (C=O) groups excluding carboxylic acids is 1. The Kier molecular flexibility index (Phi) is 5.60. The number of anilines is 1. The van der Waals surface area contributed by atoms with E-state index >= 15 is 0 Å². The minimum atomic E-state index is -4.22. The van der Waals surface area contributed by atoms with E-state index < -0.39 is 38.3 Å². The number of sulfone groups is 1. The van der Waals surface area contributed by atoms with Crippen molar-refractivity contribution in [2.75, 3.05) is 4.90 Å². The van der Waals surface area contributed by atoms with Crippen LogP contribution in [0.5, 0.6) is 0 Å². The van der Waals surface area contributed by atoms with E-state index in [2.05, 4.69) is 0 Å². The van der Waals surface area contributed by atoms with E-state index in [1.807, 2.05) is 26.0 Å². The number of benzene rings is 3. The lowest BCUT2D eigenvalue weighted by molar-refractivity contribution is -0.117. The number of halogens is 1. The Labute approximate surface area is 186 Å². The van der Waals surface area contributed by atoms with Gasteiger partial charge in [-0.15, -0.1) is 0 Å². The molecular formula is C25H22FNO4S. The van der Waals surface area contributed by atoms with E-state index in [1.165, 1.54) is 41.3 Å². The molecule has 1 heterocycles. The fraction of sp³-hybridized carbons (Fsp3) is 0.160. The standard InChI is InChI=1S/C25H22FNO4S/c1-16(2)17-10-14-20(15-11-17)27-22(18-8-12-19(26)13-9-18)24(23(28)25(27)29)32(30,31)21-6-4-3-5-7-21/h3-16,22,28H,1-2H3. The van der Waals surface area contributed by atoms with Crippen LogP contribution >= 0.6 is 0 Å². The number of nitrogens with zero attached hydrogens (tertiary/aromatic N) is 1. The maximum Gasteiger partial charge on any atom is 0.295 e. The Bertz CT molecular complexity index is 1280. The van der Waals surface area contributed by atoms with Crippen LogP contribution in [-0.4, -0.2) is 19.4 Å². The van der Waals surface area contributed by atoms with Gasteiger partial charge in [-0.05, 0) is 53.4 Å². The van der Waals surface area contributed by atoms with Gasteiger partial charge in [0.15, 0.2) is 5.76 Å².